The van der Waals surface area contributed by atoms with Crippen molar-refractivity contribution in [2.45, 2.75) is 20.3 Å². The number of aromatic nitrogens is 2. The Morgan fingerprint density at radius 3 is 2.57 bits per heavy atom. The molecule has 0 amide bonds. The number of rotatable bonds is 5. The van der Waals surface area contributed by atoms with Crippen LogP contribution in [0.2, 0.25) is 0 Å². The van der Waals surface area contributed by atoms with Gasteiger partial charge in [-0.25, -0.2) is 4.68 Å². The van der Waals surface area contributed by atoms with Crippen molar-refractivity contribution in [1.82, 2.24) is 9.78 Å². The summed E-state index contributed by atoms with van der Waals surface area (Å²) in [6.45, 7) is 8.38. The van der Waals surface area contributed by atoms with Gasteiger partial charge in [-0.3, -0.25) is 4.99 Å². The first-order valence-electron chi connectivity index (χ1n) is 7.14. The van der Waals surface area contributed by atoms with Crippen molar-refractivity contribution in [2.24, 2.45) is 4.99 Å². The fourth-order valence-corrected chi connectivity index (χ4v) is 2.41. The van der Waals surface area contributed by atoms with Crippen LogP contribution in [0.3, 0.4) is 0 Å². The van der Waals surface area contributed by atoms with Gasteiger partial charge in [0.1, 0.15) is 0 Å². The van der Waals surface area contributed by atoms with E-state index in [9.17, 15) is 0 Å². The van der Waals surface area contributed by atoms with Crippen molar-refractivity contribution in [3.05, 3.63) is 72.1 Å². The molecule has 2 rings (SSSR count). The van der Waals surface area contributed by atoms with Gasteiger partial charge in [0.05, 0.1) is 23.3 Å². The second kappa shape index (κ2) is 6.84. The summed E-state index contributed by atoms with van der Waals surface area (Å²) in [6.07, 6.45) is 4.83. The Balaban J connectivity index is 2.47. The molecule has 0 spiro atoms. The molecule has 0 saturated heterocycles. The molecule has 2 aromatic rings. The quantitative estimate of drug-likeness (QED) is 0.596. The summed E-state index contributed by atoms with van der Waals surface area (Å²) in [5, 5.41) is 4.42. The van der Waals surface area contributed by atoms with Crippen LogP contribution in [0.15, 0.2) is 71.4 Å². The number of hydrogen-bond donors (Lipinski definition) is 0. The van der Waals surface area contributed by atoms with Crippen LogP contribution in [-0.4, -0.2) is 22.5 Å². The minimum atomic E-state index is 0.881. The number of para-hydroxylation sites is 1. The van der Waals surface area contributed by atoms with Gasteiger partial charge in [-0.15, -0.1) is 0 Å². The second-order valence-electron chi connectivity index (χ2n) is 4.68. The Bertz CT molecular complexity index is 675. The van der Waals surface area contributed by atoms with E-state index in [1.54, 1.807) is 13.2 Å². The molecule has 0 unspecified atom stereocenters. The zero-order valence-electron chi connectivity index (χ0n) is 12.9. The summed E-state index contributed by atoms with van der Waals surface area (Å²) in [5.74, 6) is 0. The Morgan fingerprint density at radius 2 is 2.00 bits per heavy atom. The molecular weight excluding hydrogens is 258 g/mol. The van der Waals surface area contributed by atoms with Gasteiger partial charge in [0.2, 0.25) is 0 Å². The lowest BCUT2D eigenvalue weighted by Crippen LogP contribution is -2.13. The molecule has 0 N–H and O–H groups in total. The van der Waals surface area contributed by atoms with Crippen LogP contribution in [0, 0.1) is 0 Å². The third kappa shape index (κ3) is 3.02. The van der Waals surface area contributed by atoms with Crippen LogP contribution in [0.25, 0.3) is 5.69 Å². The first-order chi connectivity index (χ1) is 10.2. The molecule has 0 aliphatic carbocycles. The number of allylic oxidation sites excluding steroid dienone is 3. The molecular formula is C18H21N3. The molecule has 108 valence electrons. The van der Waals surface area contributed by atoms with E-state index in [-0.39, 0.29) is 0 Å². The topological polar surface area (TPSA) is 30.2 Å². The molecule has 1 heterocycles. The van der Waals surface area contributed by atoms with E-state index in [0.717, 1.165) is 29.1 Å². The maximum absolute atomic E-state index is 4.45. The van der Waals surface area contributed by atoms with Crippen LogP contribution in [0.5, 0.6) is 0 Å². The zero-order chi connectivity index (χ0) is 15.2. The van der Waals surface area contributed by atoms with Gasteiger partial charge in [0.15, 0.2) is 0 Å². The van der Waals surface area contributed by atoms with Gasteiger partial charge in [-0.05, 0) is 42.7 Å². The lowest BCUT2D eigenvalue weighted by molar-refractivity contribution is 0.870. The van der Waals surface area contributed by atoms with Crippen LogP contribution in [-0.2, 0) is 0 Å². The van der Waals surface area contributed by atoms with Crippen molar-refractivity contribution in [3.8, 4) is 5.69 Å². The third-order valence-electron chi connectivity index (χ3n) is 3.51. The molecule has 0 saturated carbocycles. The zero-order valence-corrected chi connectivity index (χ0v) is 12.9. The first-order valence-corrected chi connectivity index (χ1v) is 7.14. The van der Waals surface area contributed by atoms with E-state index in [4.69, 9.17) is 0 Å². The molecule has 0 aliphatic rings. The summed E-state index contributed by atoms with van der Waals surface area (Å²) in [6, 6.07) is 12.0. The highest BCUT2D eigenvalue weighted by molar-refractivity contribution is 6.14. The number of aliphatic imine (C=N–C) groups is 1. The highest BCUT2D eigenvalue weighted by Gasteiger charge is 2.15. The Labute approximate surface area is 126 Å². The van der Waals surface area contributed by atoms with Gasteiger partial charge < -0.3 is 0 Å². The molecule has 0 aliphatic heterocycles. The van der Waals surface area contributed by atoms with Crippen LogP contribution >= 0.6 is 0 Å². The number of benzene rings is 1. The maximum Gasteiger partial charge on any atom is 0.0926 e. The lowest BCUT2D eigenvalue weighted by Gasteiger charge is -2.13. The highest BCUT2D eigenvalue weighted by atomic mass is 15.3. The molecule has 0 fully saturated rings. The Morgan fingerprint density at radius 1 is 1.29 bits per heavy atom. The standard InChI is InChI=1S/C18H21N3/c1-5-15(6-2)14(3)18(19-4)17-12-13-20-21(17)16-10-8-7-9-11-16/h5,7-13H,3,6H2,1-2,4H3/b15-5-,19-18?. The molecule has 3 nitrogen and oxygen atoms in total. The Kier molecular flexibility index (Phi) is 4.88. The number of nitrogens with zero attached hydrogens (tertiary/aromatic N) is 3. The summed E-state index contributed by atoms with van der Waals surface area (Å²) >= 11 is 0. The van der Waals surface area contributed by atoms with Gasteiger partial charge in [-0.2, -0.15) is 5.10 Å². The average Bonchev–Trinajstić information content (AvgIpc) is 2.99. The molecule has 21 heavy (non-hydrogen) atoms. The first kappa shape index (κ1) is 15.0. The van der Waals surface area contributed by atoms with Crippen molar-refractivity contribution in [1.29, 1.82) is 0 Å². The summed E-state index contributed by atoms with van der Waals surface area (Å²) in [5.41, 5.74) is 5.02. The monoisotopic (exact) mass is 279 g/mol. The van der Waals surface area contributed by atoms with Gasteiger partial charge in [-0.1, -0.05) is 37.8 Å². The van der Waals surface area contributed by atoms with Crippen LogP contribution in [0.4, 0.5) is 0 Å². The van der Waals surface area contributed by atoms with E-state index in [0.29, 0.717) is 0 Å². The molecule has 1 aromatic heterocycles. The number of hydrogen-bond acceptors (Lipinski definition) is 2. The predicted molar refractivity (Wildman–Crippen MR) is 89.2 cm³/mol. The normalized spacial score (nSPS) is 12.5. The van der Waals surface area contributed by atoms with E-state index in [1.165, 1.54) is 5.57 Å². The molecule has 1 aromatic carbocycles. The van der Waals surface area contributed by atoms with Gasteiger partial charge >= 0.3 is 0 Å². The largest absolute Gasteiger partial charge is 0.286 e. The maximum atomic E-state index is 4.45. The van der Waals surface area contributed by atoms with Crippen molar-refractivity contribution >= 4 is 5.71 Å². The van der Waals surface area contributed by atoms with Crippen LogP contribution in [0.1, 0.15) is 26.0 Å². The lowest BCUT2D eigenvalue weighted by atomic mass is 9.98. The van der Waals surface area contributed by atoms with E-state index in [1.807, 2.05) is 48.0 Å². The molecule has 0 atom stereocenters. The fraction of sp³-hybridized carbons (Fsp3) is 0.222. The smallest absolute Gasteiger partial charge is 0.0926 e. The summed E-state index contributed by atoms with van der Waals surface area (Å²) in [4.78, 5) is 4.45. The average molecular weight is 279 g/mol. The molecule has 0 radical (unpaired) electrons. The van der Waals surface area contributed by atoms with Crippen molar-refractivity contribution < 1.29 is 0 Å². The van der Waals surface area contributed by atoms with Crippen molar-refractivity contribution in [3.63, 3.8) is 0 Å². The Hall–Kier alpha value is -2.42. The van der Waals surface area contributed by atoms with E-state index < -0.39 is 0 Å². The van der Waals surface area contributed by atoms with Crippen molar-refractivity contribution in [2.75, 3.05) is 7.05 Å². The fourth-order valence-electron chi connectivity index (χ4n) is 2.41. The van der Waals surface area contributed by atoms with Crippen LogP contribution < -0.4 is 0 Å². The molecule has 3 heteroatoms. The van der Waals surface area contributed by atoms with E-state index >= 15 is 0 Å². The minimum absolute atomic E-state index is 0.881. The third-order valence-corrected chi connectivity index (χ3v) is 3.51. The van der Waals surface area contributed by atoms with E-state index in [2.05, 4.69) is 29.7 Å². The molecule has 0 bridgehead atoms. The summed E-state index contributed by atoms with van der Waals surface area (Å²) < 4.78 is 1.90. The predicted octanol–water partition coefficient (Wildman–Crippen LogP) is 4.20. The van der Waals surface area contributed by atoms with Gasteiger partial charge in [0, 0.05) is 7.05 Å². The second-order valence-corrected chi connectivity index (χ2v) is 4.68. The highest BCUT2D eigenvalue weighted by Crippen LogP contribution is 2.20. The van der Waals surface area contributed by atoms with Gasteiger partial charge in [0.25, 0.3) is 0 Å². The minimum Gasteiger partial charge on any atom is -0.286 e. The summed E-state index contributed by atoms with van der Waals surface area (Å²) in [7, 11) is 1.80. The SMILES string of the molecule is C=C(C(=NC)c1ccnn1-c1ccccc1)/C(=C\C)CC.